The zero-order valence-electron chi connectivity index (χ0n) is 14.5. The zero-order valence-corrected chi connectivity index (χ0v) is 14.5. The van der Waals surface area contributed by atoms with Gasteiger partial charge in [-0.05, 0) is 42.3 Å². The number of hydrogen-bond donors (Lipinski definition) is 1. The molecule has 8 heteroatoms. The van der Waals surface area contributed by atoms with E-state index in [0.717, 1.165) is 29.2 Å². The molecule has 0 aliphatic carbocycles. The average Bonchev–Trinajstić information content (AvgIpc) is 2.60. The van der Waals surface area contributed by atoms with Crippen molar-refractivity contribution in [3.63, 3.8) is 0 Å². The molecule has 0 radical (unpaired) electrons. The fraction of sp³-hybridized carbons (Fsp3) is 0.263. The van der Waals surface area contributed by atoms with Gasteiger partial charge in [0.1, 0.15) is 12.4 Å². The number of halogens is 4. The lowest BCUT2D eigenvalue weighted by Gasteiger charge is -2.21. The van der Waals surface area contributed by atoms with Gasteiger partial charge in [-0.1, -0.05) is 18.2 Å². The van der Waals surface area contributed by atoms with Gasteiger partial charge in [-0.25, -0.2) is 4.39 Å². The second-order valence-electron chi connectivity index (χ2n) is 5.84. The van der Waals surface area contributed by atoms with E-state index < -0.39 is 23.6 Å². The number of hydrogen-bond acceptors (Lipinski definition) is 2. The van der Waals surface area contributed by atoms with Gasteiger partial charge < -0.3 is 10.2 Å². The zero-order chi connectivity index (χ0) is 20.0. The summed E-state index contributed by atoms with van der Waals surface area (Å²) in [7, 11) is 0. The summed E-state index contributed by atoms with van der Waals surface area (Å²) in [5.74, 6) is -1.36. The first kappa shape index (κ1) is 20.4. The Balaban J connectivity index is 1.96. The first-order valence-corrected chi connectivity index (χ1v) is 8.14. The molecule has 144 valence electrons. The average molecular weight is 382 g/mol. The molecule has 2 aromatic carbocycles. The lowest BCUT2D eigenvalue weighted by Crippen LogP contribution is -2.40. The molecule has 2 amide bonds. The topological polar surface area (TPSA) is 49.4 Å². The Hall–Kier alpha value is -2.90. The van der Waals surface area contributed by atoms with Crippen LogP contribution in [0.3, 0.4) is 0 Å². The highest BCUT2D eigenvalue weighted by Gasteiger charge is 2.30. The Morgan fingerprint density at radius 3 is 2.22 bits per heavy atom. The normalized spacial score (nSPS) is 11.1. The summed E-state index contributed by atoms with van der Waals surface area (Å²) < 4.78 is 51.4. The van der Waals surface area contributed by atoms with Crippen molar-refractivity contribution in [2.45, 2.75) is 19.5 Å². The maximum atomic E-state index is 13.5. The molecule has 1 N–H and O–H groups in total. The van der Waals surface area contributed by atoms with E-state index in [1.807, 2.05) is 0 Å². The van der Waals surface area contributed by atoms with Crippen molar-refractivity contribution in [2.75, 3.05) is 18.0 Å². The summed E-state index contributed by atoms with van der Waals surface area (Å²) in [4.78, 5) is 24.9. The monoisotopic (exact) mass is 382 g/mol. The van der Waals surface area contributed by atoms with Gasteiger partial charge >= 0.3 is 6.18 Å². The molecule has 0 fully saturated rings. The third kappa shape index (κ3) is 5.80. The van der Waals surface area contributed by atoms with E-state index in [2.05, 4.69) is 5.32 Å². The summed E-state index contributed by atoms with van der Waals surface area (Å²) in [5, 5.41) is 2.57. The highest BCUT2D eigenvalue weighted by atomic mass is 19.4. The Morgan fingerprint density at radius 2 is 1.67 bits per heavy atom. The third-order valence-corrected chi connectivity index (χ3v) is 3.86. The Morgan fingerprint density at radius 1 is 1.04 bits per heavy atom. The molecule has 0 saturated carbocycles. The number of carbonyl (C=O) groups is 2. The van der Waals surface area contributed by atoms with Crippen LogP contribution < -0.4 is 10.2 Å². The second kappa shape index (κ2) is 8.66. The Bertz CT molecular complexity index is 804. The van der Waals surface area contributed by atoms with Crippen LogP contribution in [-0.4, -0.2) is 24.9 Å². The van der Waals surface area contributed by atoms with Crippen molar-refractivity contribution >= 4 is 17.5 Å². The summed E-state index contributed by atoms with van der Waals surface area (Å²) in [6.45, 7) is 1.03. The van der Waals surface area contributed by atoms with Crippen molar-refractivity contribution in [3.8, 4) is 0 Å². The molecule has 27 heavy (non-hydrogen) atoms. The van der Waals surface area contributed by atoms with Gasteiger partial charge in [0.2, 0.25) is 11.8 Å². The molecule has 0 unspecified atom stereocenters. The number of anilines is 1. The number of carbonyl (C=O) groups excluding carboxylic acids is 2. The molecule has 0 aromatic heterocycles. The Kier molecular flexibility index (Phi) is 6.55. The van der Waals surface area contributed by atoms with Gasteiger partial charge in [0.05, 0.1) is 5.56 Å². The smallest absolute Gasteiger partial charge is 0.354 e. The van der Waals surface area contributed by atoms with Crippen LogP contribution in [0.1, 0.15) is 18.1 Å². The molecule has 0 spiro atoms. The molecule has 0 saturated heterocycles. The second-order valence-corrected chi connectivity index (χ2v) is 5.84. The molecule has 2 aromatic rings. The number of alkyl halides is 3. The van der Waals surface area contributed by atoms with Crippen LogP contribution in [0.5, 0.6) is 0 Å². The fourth-order valence-corrected chi connectivity index (χ4v) is 2.45. The third-order valence-electron chi connectivity index (χ3n) is 3.86. The largest absolute Gasteiger partial charge is 0.416 e. The van der Waals surface area contributed by atoms with Gasteiger partial charge in [0.25, 0.3) is 0 Å². The first-order valence-electron chi connectivity index (χ1n) is 8.14. The van der Waals surface area contributed by atoms with E-state index in [4.69, 9.17) is 0 Å². The lowest BCUT2D eigenvalue weighted by molar-refractivity contribution is -0.137. The summed E-state index contributed by atoms with van der Waals surface area (Å²) >= 11 is 0. The summed E-state index contributed by atoms with van der Waals surface area (Å²) in [6.07, 6.45) is -4.21. The minimum atomic E-state index is -4.48. The fourth-order valence-electron chi connectivity index (χ4n) is 2.45. The molecular formula is C19H18F4N2O2. The van der Waals surface area contributed by atoms with E-state index in [1.54, 1.807) is 18.2 Å². The van der Waals surface area contributed by atoms with Crippen LogP contribution in [0.15, 0.2) is 48.5 Å². The Labute approximate surface area is 153 Å². The van der Waals surface area contributed by atoms with Gasteiger partial charge in [-0.15, -0.1) is 0 Å². The number of nitrogens with one attached hydrogen (secondary N) is 1. The minimum Gasteiger partial charge on any atom is -0.354 e. The SMILES string of the molecule is CC(=O)N(CC(=O)NCCc1ccccc1F)c1ccc(C(F)(F)F)cc1. The van der Waals surface area contributed by atoms with Crippen molar-refractivity contribution in [3.05, 3.63) is 65.5 Å². The van der Waals surface area contributed by atoms with Crippen molar-refractivity contribution in [2.24, 2.45) is 0 Å². The highest BCUT2D eigenvalue weighted by molar-refractivity contribution is 5.97. The van der Waals surface area contributed by atoms with Crippen LogP contribution in [0.4, 0.5) is 23.2 Å². The molecule has 2 rings (SSSR count). The maximum absolute atomic E-state index is 13.5. The molecule has 0 aliphatic heterocycles. The standard InChI is InChI=1S/C19H18F4N2O2/c1-13(26)25(16-8-6-15(7-9-16)19(21,22)23)12-18(27)24-11-10-14-4-2-3-5-17(14)20/h2-9H,10-12H2,1H3,(H,24,27). The van der Waals surface area contributed by atoms with Gasteiger partial charge in [-0.3, -0.25) is 9.59 Å². The first-order chi connectivity index (χ1) is 12.7. The van der Waals surface area contributed by atoms with Gasteiger partial charge in [0, 0.05) is 19.2 Å². The van der Waals surface area contributed by atoms with Crippen LogP contribution in [0.2, 0.25) is 0 Å². The molecular weight excluding hydrogens is 364 g/mol. The minimum absolute atomic E-state index is 0.165. The molecule has 0 bridgehead atoms. The van der Waals surface area contributed by atoms with E-state index in [0.29, 0.717) is 5.56 Å². The molecule has 0 atom stereocenters. The van der Waals surface area contributed by atoms with Crippen molar-refractivity contribution in [1.29, 1.82) is 0 Å². The van der Waals surface area contributed by atoms with E-state index in [9.17, 15) is 27.2 Å². The van der Waals surface area contributed by atoms with E-state index in [1.165, 1.54) is 13.0 Å². The number of nitrogens with zero attached hydrogens (tertiary/aromatic N) is 1. The van der Waals surface area contributed by atoms with Crippen molar-refractivity contribution < 1.29 is 27.2 Å². The predicted octanol–water partition coefficient (Wildman–Crippen LogP) is 3.56. The molecule has 4 nitrogen and oxygen atoms in total. The maximum Gasteiger partial charge on any atom is 0.416 e. The lowest BCUT2D eigenvalue weighted by atomic mass is 10.1. The van der Waals surface area contributed by atoms with Crippen LogP contribution in [-0.2, 0) is 22.2 Å². The highest BCUT2D eigenvalue weighted by Crippen LogP contribution is 2.30. The quantitative estimate of drug-likeness (QED) is 0.777. The number of rotatable bonds is 6. The molecule has 0 heterocycles. The summed E-state index contributed by atoms with van der Waals surface area (Å²) in [5.41, 5.74) is -0.215. The van der Waals surface area contributed by atoms with E-state index >= 15 is 0 Å². The predicted molar refractivity (Wildman–Crippen MR) is 92.6 cm³/mol. The van der Waals surface area contributed by atoms with E-state index in [-0.39, 0.29) is 31.0 Å². The van der Waals surface area contributed by atoms with Crippen LogP contribution in [0.25, 0.3) is 0 Å². The van der Waals surface area contributed by atoms with Crippen molar-refractivity contribution in [1.82, 2.24) is 5.32 Å². The number of amides is 2. The summed E-state index contributed by atoms with van der Waals surface area (Å²) in [6, 6.07) is 10.1. The van der Waals surface area contributed by atoms with Crippen LogP contribution >= 0.6 is 0 Å². The molecule has 0 aliphatic rings. The van der Waals surface area contributed by atoms with Gasteiger partial charge in [0.15, 0.2) is 0 Å². The number of benzene rings is 2. The van der Waals surface area contributed by atoms with Crippen LogP contribution in [0, 0.1) is 5.82 Å². The van der Waals surface area contributed by atoms with Gasteiger partial charge in [-0.2, -0.15) is 13.2 Å².